The van der Waals surface area contributed by atoms with E-state index in [1.807, 2.05) is 37.3 Å². The van der Waals surface area contributed by atoms with Crippen molar-refractivity contribution in [3.8, 4) is 0 Å². The molecule has 1 aromatic carbocycles. The molecule has 0 bridgehead atoms. The summed E-state index contributed by atoms with van der Waals surface area (Å²) in [5, 5.41) is 3.80. The van der Waals surface area contributed by atoms with Crippen LogP contribution < -0.4 is 5.32 Å². The first-order valence-electron chi connectivity index (χ1n) is 6.30. The molecule has 0 saturated heterocycles. The largest absolute Gasteiger partial charge is 0.378 e. The van der Waals surface area contributed by atoms with Gasteiger partial charge in [0.1, 0.15) is 5.15 Å². The van der Waals surface area contributed by atoms with Crippen molar-refractivity contribution >= 4 is 28.3 Å². The van der Waals surface area contributed by atoms with Crippen LogP contribution in [0, 0.1) is 6.92 Å². The molecule has 0 aliphatic rings. The molecule has 4 nitrogen and oxygen atoms in total. The fourth-order valence-electron chi connectivity index (χ4n) is 1.98. The van der Waals surface area contributed by atoms with E-state index in [2.05, 4.69) is 20.3 Å². The highest BCUT2D eigenvalue weighted by Crippen LogP contribution is 2.16. The van der Waals surface area contributed by atoms with Gasteiger partial charge in [0.2, 0.25) is 0 Å². The molecule has 0 aliphatic carbocycles. The third-order valence-corrected chi connectivity index (χ3v) is 3.22. The molecule has 0 aliphatic heterocycles. The van der Waals surface area contributed by atoms with Crippen molar-refractivity contribution in [2.24, 2.45) is 0 Å². The first kappa shape index (κ1) is 12.8. The molecule has 1 N–H and O–H groups in total. The number of nitrogens with zero attached hydrogens (tertiary/aromatic N) is 3. The van der Waals surface area contributed by atoms with Gasteiger partial charge in [0.15, 0.2) is 0 Å². The second-order valence-electron chi connectivity index (χ2n) is 4.47. The predicted molar refractivity (Wildman–Crippen MR) is 80.8 cm³/mol. The first-order chi connectivity index (χ1) is 9.72. The number of aromatic nitrogens is 3. The van der Waals surface area contributed by atoms with Gasteiger partial charge in [-0.05, 0) is 31.2 Å². The highest BCUT2D eigenvalue weighted by Gasteiger charge is 2.02. The lowest BCUT2D eigenvalue weighted by Crippen LogP contribution is -2.04. The maximum atomic E-state index is 5.84. The minimum Gasteiger partial charge on any atom is -0.378 e. The van der Waals surface area contributed by atoms with Gasteiger partial charge < -0.3 is 5.32 Å². The Labute approximate surface area is 121 Å². The number of aryl methyl sites for hydroxylation is 1. The molecule has 5 heteroatoms. The number of rotatable bonds is 3. The van der Waals surface area contributed by atoms with Gasteiger partial charge >= 0.3 is 0 Å². The van der Waals surface area contributed by atoms with E-state index in [-0.39, 0.29) is 0 Å². The van der Waals surface area contributed by atoms with Crippen LogP contribution in [0.5, 0.6) is 0 Å². The van der Waals surface area contributed by atoms with Crippen molar-refractivity contribution in [3.05, 3.63) is 59.1 Å². The van der Waals surface area contributed by atoms with E-state index in [1.54, 1.807) is 12.3 Å². The minimum absolute atomic E-state index is 0.499. The summed E-state index contributed by atoms with van der Waals surface area (Å²) in [4.78, 5) is 13.2. The summed E-state index contributed by atoms with van der Waals surface area (Å²) in [6.07, 6.45) is 1.79. The normalized spacial score (nSPS) is 10.7. The standard InChI is InChI=1S/C15H13ClN4/c1-10-12(6-7-15(16)19-10)17-8-11-9-18-13-4-2-3-5-14(13)20-11/h2-7,9,17H,8H2,1H3. The molecule has 100 valence electrons. The Morgan fingerprint density at radius 2 is 1.85 bits per heavy atom. The van der Waals surface area contributed by atoms with E-state index in [1.165, 1.54) is 0 Å². The maximum absolute atomic E-state index is 5.84. The zero-order chi connectivity index (χ0) is 13.9. The van der Waals surface area contributed by atoms with Crippen molar-refractivity contribution in [1.29, 1.82) is 0 Å². The Hall–Kier alpha value is -2.20. The van der Waals surface area contributed by atoms with Crippen LogP contribution in [-0.2, 0) is 6.54 Å². The average Bonchev–Trinajstić information content (AvgIpc) is 2.46. The highest BCUT2D eigenvalue weighted by molar-refractivity contribution is 6.29. The lowest BCUT2D eigenvalue weighted by Gasteiger charge is -2.09. The topological polar surface area (TPSA) is 50.7 Å². The molecular weight excluding hydrogens is 272 g/mol. The summed E-state index contributed by atoms with van der Waals surface area (Å²) in [6.45, 7) is 2.52. The highest BCUT2D eigenvalue weighted by atomic mass is 35.5. The fraction of sp³-hybridized carbons (Fsp3) is 0.133. The predicted octanol–water partition coefficient (Wildman–Crippen LogP) is 3.60. The van der Waals surface area contributed by atoms with E-state index in [9.17, 15) is 0 Å². The molecule has 0 atom stereocenters. The van der Waals surface area contributed by atoms with E-state index < -0.39 is 0 Å². The van der Waals surface area contributed by atoms with Gasteiger partial charge in [0.05, 0.1) is 40.9 Å². The molecule has 2 aromatic heterocycles. The first-order valence-corrected chi connectivity index (χ1v) is 6.68. The number of hydrogen-bond donors (Lipinski definition) is 1. The monoisotopic (exact) mass is 284 g/mol. The number of hydrogen-bond acceptors (Lipinski definition) is 4. The van der Waals surface area contributed by atoms with Crippen molar-refractivity contribution < 1.29 is 0 Å². The number of para-hydroxylation sites is 2. The fourth-order valence-corrected chi connectivity index (χ4v) is 2.17. The second-order valence-corrected chi connectivity index (χ2v) is 4.86. The molecule has 0 unspecified atom stereocenters. The summed E-state index contributed by atoms with van der Waals surface area (Å²) in [5.41, 5.74) is 4.51. The summed E-state index contributed by atoms with van der Waals surface area (Å²) >= 11 is 5.84. The van der Waals surface area contributed by atoms with Crippen LogP contribution in [0.1, 0.15) is 11.4 Å². The molecule has 0 radical (unpaired) electrons. The number of benzene rings is 1. The van der Waals surface area contributed by atoms with Crippen molar-refractivity contribution in [2.45, 2.75) is 13.5 Å². The van der Waals surface area contributed by atoms with Gasteiger partial charge in [-0.1, -0.05) is 23.7 Å². The summed E-state index contributed by atoms with van der Waals surface area (Å²) in [6, 6.07) is 11.5. The minimum atomic E-state index is 0.499. The zero-order valence-electron chi connectivity index (χ0n) is 11.0. The summed E-state index contributed by atoms with van der Waals surface area (Å²) in [7, 11) is 0. The van der Waals surface area contributed by atoms with Crippen molar-refractivity contribution in [1.82, 2.24) is 15.0 Å². The lowest BCUT2D eigenvalue weighted by atomic mass is 10.3. The second kappa shape index (κ2) is 5.43. The molecule has 3 rings (SSSR count). The average molecular weight is 285 g/mol. The van der Waals surface area contributed by atoms with Crippen LogP contribution >= 0.6 is 11.6 Å². The number of fused-ring (bicyclic) bond motifs is 1. The Morgan fingerprint density at radius 3 is 2.65 bits per heavy atom. The molecule has 0 fully saturated rings. The molecule has 0 amide bonds. The van der Waals surface area contributed by atoms with Gasteiger partial charge in [-0.2, -0.15) is 0 Å². The molecule has 0 spiro atoms. The van der Waals surface area contributed by atoms with Crippen molar-refractivity contribution in [2.75, 3.05) is 5.32 Å². The molecular formula is C15H13ClN4. The SMILES string of the molecule is Cc1nc(Cl)ccc1NCc1cnc2ccccc2n1. The Morgan fingerprint density at radius 1 is 1.05 bits per heavy atom. The number of anilines is 1. The molecule has 0 saturated carbocycles. The summed E-state index contributed by atoms with van der Waals surface area (Å²) < 4.78 is 0. The molecule has 2 heterocycles. The van der Waals surface area contributed by atoms with Gasteiger partial charge in [-0.15, -0.1) is 0 Å². The number of pyridine rings is 1. The third-order valence-electron chi connectivity index (χ3n) is 3.01. The van der Waals surface area contributed by atoms with Crippen molar-refractivity contribution in [3.63, 3.8) is 0 Å². The lowest BCUT2D eigenvalue weighted by molar-refractivity contribution is 1.03. The number of nitrogens with one attached hydrogen (secondary N) is 1. The van der Waals surface area contributed by atoms with Gasteiger partial charge in [0, 0.05) is 0 Å². The number of halogens is 1. The van der Waals surface area contributed by atoms with Crippen LogP contribution in [0.15, 0.2) is 42.6 Å². The van der Waals surface area contributed by atoms with Crippen LogP contribution in [0.2, 0.25) is 5.15 Å². The van der Waals surface area contributed by atoms with Crippen LogP contribution in [0.4, 0.5) is 5.69 Å². The molecule has 3 aromatic rings. The van der Waals surface area contributed by atoms with Crippen LogP contribution in [-0.4, -0.2) is 15.0 Å². The van der Waals surface area contributed by atoms with Crippen LogP contribution in [0.25, 0.3) is 11.0 Å². The quantitative estimate of drug-likeness (QED) is 0.747. The Bertz CT molecular complexity index is 758. The summed E-state index contributed by atoms with van der Waals surface area (Å²) in [5.74, 6) is 0. The smallest absolute Gasteiger partial charge is 0.129 e. The van der Waals surface area contributed by atoms with E-state index >= 15 is 0 Å². The van der Waals surface area contributed by atoms with Crippen LogP contribution in [0.3, 0.4) is 0 Å². The van der Waals surface area contributed by atoms with E-state index in [0.29, 0.717) is 11.7 Å². The molecule has 20 heavy (non-hydrogen) atoms. The zero-order valence-corrected chi connectivity index (χ0v) is 11.7. The third kappa shape index (κ3) is 2.70. The van der Waals surface area contributed by atoms with Gasteiger partial charge in [0.25, 0.3) is 0 Å². The Balaban J connectivity index is 1.79. The van der Waals surface area contributed by atoms with E-state index in [0.717, 1.165) is 28.1 Å². The maximum Gasteiger partial charge on any atom is 0.129 e. The van der Waals surface area contributed by atoms with Gasteiger partial charge in [-0.25, -0.2) is 9.97 Å². The van der Waals surface area contributed by atoms with Gasteiger partial charge in [-0.3, -0.25) is 4.98 Å². The van der Waals surface area contributed by atoms with E-state index in [4.69, 9.17) is 11.6 Å². The Kier molecular flexibility index (Phi) is 3.48.